The number of rotatable bonds is 8. The van der Waals surface area contributed by atoms with Crippen LogP contribution in [0.1, 0.15) is 70.6 Å². The Hall–Kier alpha value is -2.26. The minimum absolute atomic E-state index is 0. The van der Waals surface area contributed by atoms with Crippen molar-refractivity contribution in [3.63, 3.8) is 0 Å². The Morgan fingerprint density at radius 2 is 0.985 bits per heavy atom. The minimum atomic E-state index is -3.93. The summed E-state index contributed by atoms with van der Waals surface area (Å²) in [5.74, 6) is 1.98. The summed E-state index contributed by atoms with van der Waals surface area (Å²) < 4.78 is 34.3. The van der Waals surface area contributed by atoms with E-state index in [9.17, 15) is 13.2 Å². The molecule has 6 aliphatic carbocycles. The first-order chi connectivity index (χ1) is 29.8. The first-order valence-electron chi connectivity index (χ1n) is 23.5. The Kier molecular flexibility index (Phi) is 16.7. The van der Waals surface area contributed by atoms with Crippen LogP contribution in [0.25, 0.3) is 46.6 Å². The normalized spacial score (nSPS) is 24.5. The first kappa shape index (κ1) is 52.1. The van der Waals surface area contributed by atoms with Crippen LogP contribution in [0.3, 0.4) is 0 Å². The van der Waals surface area contributed by atoms with Gasteiger partial charge in [-0.25, -0.2) is 0 Å². The van der Waals surface area contributed by atoms with Crippen LogP contribution < -0.4 is 56.1 Å². The summed E-state index contributed by atoms with van der Waals surface area (Å²) in [5, 5.41) is 8.28. The molecule has 342 valence electrons. The molecule has 0 atom stereocenters. The molecule has 0 saturated heterocycles. The third kappa shape index (κ3) is 12.7. The van der Waals surface area contributed by atoms with Gasteiger partial charge in [0.25, 0.3) is 0 Å². The molecule has 0 radical (unpaired) electrons. The maximum Gasteiger partial charge on any atom is 0.0775 e. The van der Waals surface area contributed by atoms with Crippen molar-refractivity contribution in [1.82, 2.24) is 0 Å². The number of halogens is 5. The number of benzene rings is 4. The Morgan fingerprint density at radius 3 is 1.26 bits per heavy atom. The van der Waals surface area contributed by atoms with Gasteiger partial charge in [-0.2, -0.15) is 0 Å². The molecule has 0 unspecified atom stereocenters. The van der Waals surface area contributed by atoms with Crippen molar-refractivity contribution < 1.29 is 61.3 Å². The van der Waals surface area contributed by atoms with Crippen molar-refractivity contribution >= 4 is 56.3 Å². The number of hydrogen-bond acceptors (Lipinski definition) is 0. The van der Waals surface area contributed by atoms with Gasteiger partial charge in [0.2, 0.25) is 0 Å². The number of fused-ring (bicyclic) bond motifs is 6. The van der Waals surface area contributed by atoms with Crippen LogP contribution in [0.4, 0.5) is 13.2 Å². The predicted octanol–water partition coefficient (Wildman–Crippen LogP) is 5.83. The summed E-state index contributed by atoms with van der Waals surface area (Å²) in [6, 6.07) is 32.4. The Bertz CT molecular complexity index is 2500. The Morgan fingerprint density at radius 1 is 0.615 bits per heavy atom. The van der Waals surface area contributed by atoms with E-state index >= 15 is 0 Å². The zero-order valence-corrected chi connectivity index (χ0v) is 46.4. The van der Waals surface area contributed by atoms with Gasteiger partial charge < -0.3 is 24.8 Å². The molecule has 9 heteroatoms. The molecule has 65 heavy (non-hydrogen) atoms. The molecule has 0 N–H and O–H groups in total. The van der Waals surface area contributed by atoms with Crippen molar-refractivity contribution in [2.24, 2.45) is 22.7 Å². The van der Waals surface area contributed by atoms with Gasteiger partial charge in [0, 0.05) is 0 Å². The zero-order valence-electron chi connectivity index (χ0n) is 39.4. The van der Waals surface area contributed by atoms with E-state index < -0.39 is 34.2 Å². The standard InChI is InChI=1S/2C26H29Si.C4H7F3Si.2ClH.Zr/c2*1-27(2,3)23-9-7-21(8-10-23)24-6-4-5-22-15-20(16-25(22)24)18-26-13-11-19(17-26)12-14-26;1-8-3-2-4(5,6)7;;;/h2*4-10,16,18-19H,11-14,17H2,1-3H3;2-3H2,1H3;2*1H;/q2*-1;;;;+2/p-2. The molecule has 4 aromatic carbocycles. The van der Waals surface area contributed by atoms with Crippen LogP contribution in [-0.4, -0.2) is 27.8 Å². The topological polar surface area (TPSA) is 0 Å². The van der Waals surface area contributed by atoms with Crippen LogP contribution in [0, 0.1) is 22.7 Å². The monoisotopic (exact) mass is 1040 g/mol. The molecular weight excluding hydrogens is 976 g/mol. The molecule has 0 heterocycles. The van der Waals surface area contributed by atoms with Gasteiger partial charge >= 0.3 is 67.1 Å². The zero-order chi connectivity index (χ0) is 44.8. The number of hydrogen-bond donors (Lipinski definition) is 0. The average Bonchev–Trinajstić information content (AvgIpc) is 4.11. The van der Waals surface area contributed by atoms with Gasteiger partial charge in [-0.15, -0.1) is 80.6 Å². The third-order valence-corrected chi connectivity index (χ3v) is 21.8. The largest absolute Gasteiger partial charge is 1.00 e. The maximum absolute atomic E-state index is 11.4. The SMILES string of the molecule is C[Si](=[Zr+2])CCC(F)(F)F.C[Si](C)(C)c1ccc(-c2cccc3c2=CC(=CC24CCC(CC2)C4)[C-]=3)cc1.C[Si](C)(C)c1ccc(-c2cccc3c2=CC(=CC24CCC(CC2)C4)[C-]=3)cc1.[Cl-].[Cl-]. The van der Waals surface area contributed by atoms with Gasteiger partial charge in [-0.1, -0.05) is 185 Å². The van der Waals surface area contributed by atoms with E-state index in [-0.39, 0.29) is 24.8 Å². The summed E-state index contributed by atoms with van der Waals surface area (Å²) in [6.07, 6.45) is 26.9. The fourth-order valence-corrected chi connectivity index (χ4v) is 15.1. The van der Waals surface area contributed by atoms with Crippen LogP contribution >= 0.6 is 0 Å². The molecule has 4 bridgehead atoms. The van der Waals surface area contributed by atoms with Crippen LogP contribution in [0.2, 0.25) is 51.9 Å². The van der Waals surface area contributed by atoms with E-state index in [0.717, 1.165) is 11.8 Å². The molecule has 0 aliphatic heterocycles. The molecule has 4 saturated carbocycles. The molecule has 10 rings (SSSR count). The second-order valence-electron chi connectivity index (χ2n) is 21.8. The van der Waals surface area contributed by atoms with Crippen molar-refractivity contribution in [3.8, 4) is 22.3 Å². The maximum atomic E-state index is 11.4. The summed E-state index contributed by atoms with van der Waals surface area (Å²) in [7, 11) is -2.50. The summed E-state index contributed by atoms with van der Waals surface area (Å²) in [6.45, 7) is 16.4. The van der Waals surface area contributed by atoms with Crippen molar-refractivity contribution in [3.05, 3.63) is 129 Å². The summed E-state index contributed by atoms with van der Waals surface area (Å²) >= 11 is 1.29. The molecule has 4 fully saturated rings. The average molecular weight is 1040 g/mol. The molecule has 4 aromatic rings. The Labute approximate surface area is 417 Å². The van der Waals surface area contributed by atoms with Crippen LogP contribution in [0.5, 0.6) is 0 Å². The van der Waals surface area contributed by atoms with Crippen molar-refractivity contribution in [2.75, 3.05) is 0 Å². The van der Waals surface area contributed by atoms with E-state index in [1.807, 2.05) is 6.55 Å². The van der Waals surface area contributed by atoms with E-state index in [2.05, 4.69) is 161 Å². The number of alkyl halides is 3. The smallest absolute Gasteiger partial charge is 0.0775 e. The molecule has 6 aliphatic rings. The first-order valence-corrected chi connectivity index (χ1v) is 36.4. The van der Waals surface area contributed by atoms with Crippen LogP contribution in [0.15, 0.2) is 108 Å². The fraction of sp³-hybridized carbons (Fsp3) is 0.429. The van der Waals surface area contributed by atoms with Gasteiger partial charge in [0.1, 0.15) is 0 Å². The van der Waals surface area contributed by atoms with E-state index in [1.54, 1.807) is 0 Å². The van der Waals surface area contributed by atoms with Crippen molar-refractivity contribution in [1.29, 1.82) is 0 Å². The molecule has 0 nitrogen and oxygen atoms in total. The predicted molar refractivity (Wildman–Crippen MR) is 265 cm³/mol. The van der Waals surface area contributed by atoms with Gasteiger partial charge in [0.15, 0.2) is 0 Å². The van der Waals surface area contributed by atoms with Gasteiger partial charge in [-0.05, 0) is 46.6 Å². The second-order valence-corrected chi connectivity index (χ2v) is 40.4. The Balaban J connectivity index is 0.000000177. The van der Waals surface area contributed by atoms with E-state index in [1.165, 1.54) is 152 Å². The minimum Gasteiger partial charge on any atom is -1.00 e. The molecule has 0 amide bonds. The van der Waals surface area contributed by atoms with Crippen molar-refractivity contribution in [2.45, 2.75) is 129 Å². The quantitative estimate of drug-likeness (QED) is 0.154. The summed E-state index contributed by atoms with van der Waals surface area (Å²) in [4.78, 5) is 0. The summed E-state index contributed by atoms with van der Waals surface area (Å²) in [5.41, 5.74) is 8.34. The third-order valence-electron chi connectivity index (χ3n) is 14.8. The van der Waals surface area contributed by atoms with E-state index in [4.69, 9.17) is 0 Å². The van der Waals surface area contributed by atoms with Gasteiger partial charge in [-0.3, -0.25) is 0 Å². The molecular formula is C56H65Cl2F3Si3Zr-2. The van der Waals surface area contributed by atoms with Crippen LogP contribution in [-0.2, 0) is 23.3 Å². The molecule has 0 spiro atoms. The molecule has 0 aromatic heterocycles. The van der Waals surface area contributed by atoms with Gasteiger partial charge in [0.05, 0.1) is 16.1 Å². The number of allylic oxidation sites excluding steroid dienone is 4. The van der Waals surface area contributed by atoms with E-state index in [0.29, 0.717) is 16.9 Å². The fourth-order valence-electron chi connectivity index (χ4n) is 11.2. The second kappa shape index (κ2) is 20.8.